The summed E-state index contributed by atoms with van der Waals surface area (Å²) in [4.78, 5) is 6.58. The van der Waals surface area contributed by atoms with Crippen LogP contribution in [0.25, 0.3) is 0 Å². The number of aromatic nitrogens is 1. The Morgan fingerprint density at radius 1 is 1.47 bits per heavy atom. The number of likely N-dealkylation sites (tertiary alicyclic amines) is 1. The Hall–Kier alpha value is -0.970. The minimum atomic E-state index is 0.151. The molecule has 1 aliphatic rings. The van der Waals surface area contributed by atoms with E-state index in [0.717, 1.165) is 25.9 Å². The lowest BCUT2D eigenvalue weighted by Gasteiger charge is -2.40. The second kappa shape index (κ2) is 6.98. The second-order valence-corrected chi connectivity index (χ2v) is 5.29. The van der Waals surface area contributed by atoms with E-state index in [-0.39, 0.29) is 12.1 Å². The van der Waals surface area contributed by atoms with Crippen molar-refractivity contribution in [2.24, 2.45) is 5.73 Å². The molecule has 0 bridgehead atoms. The number of hydrogen-bond donors (Lipinski definition) is 1. The molecule has 0 saturated carbocycles. The van der Waals surface area contributed by atoms with E-state index >= 15 is 0 Å². The number of pyridine rings is 1. The van der Waals surface area contributed by atoms with E-state index < -0.39 is 0 Å². The SMILES string of the molecule is CCC(N)C(c1ccncc1)N1CCCC(OC)C1. The molecular weight excluding hydrogens is 238 g/mol. The van der Waals surface area contributed by atoms with E-state index in [1.165, 1.54) is 12.0 Å². The number of hydrogen-bond acceptors (Lipinski definition) is 4. The summed E-state index contributed by atoms with van der Waals surface area (Å²) >= 11 is 0. The zero-order valence-corrected chi connectivity index (χ0v) is 12.0. The fourth-order valence-corrected chi connectivity index (χ4v) is 2.92. The Kier molecular flexibility index (Phi) is 5.31. The van der Waals surface area contributed by atoms with Crippen molar-refractivity contribution in [1.29, 1.82) is 0 Å². The molecule has 106 valence electrons. The molecule has 4 nitrogen and oxygen atoms in total. The van der Waals surface area contributed by atoms with Crippen LogP contribution >= 0.6 is 0 Å². The van der Waals surface area contributed by atoms with E-state index in [1.807, 2.05) is 12.4 Å². The van der Waals surface area contributed by atoms with Crippen LogP contribution in [0.15, 0.2) is 24.5 Å². The molecule has 19 heavy (non-hydrogen) atoms. The maximum Gasteiger partial charge on any atom is 0.0698 e. The topological polar surface area (TPSA) is 51.4 Å². The molecule has 1 aliphatic heterocycles. The van der Waals surface area contributed by atoms with E-state index in [9.17, 15) is 0 Å². The van der Waals surface area contributed by atoms with Crippen LogP contribution in [0.5, 0.6) is 0 Å². The van der Waals surface area contributed by atoms with Crippen molar-refractivity contribution in [3.05, 3.63) is 30.1 Å². The van der Waals surface area contributed by atoms with Gasteiger partial charge in [0.05, 0.1) is 12.1 Å². The fraction of sp³-hybridized carbons (Fsp3) is 0.667. The Morgan fingerprint density at radius 3 is 2.84 bits per heavy atom. The molecule has 1 aromatic rings. The number of methoxy groups -OCH3 is 1. The molecule has 0 amide bonds. The van der Waals surface area contributed by atoms with Crippen LogP contribution < -0.4 is 5.73 Å². The van der Waals surface area contributed by atoms with Gasteiger partial charge in [-0.25, -0.2) is 0 Å². The fourth-order valence-electron chi connectivity index (χ4n) is 2.92. The van der Waals surface area contributed by atoms with Gasteiger partial charge in [0.2, 0.25) is 0 Å². The van der Waals surface area contributed by atoms with E-state index in [4.69, 9.17) is 10.5 Å². The quantitative estimate of drug-likeness (QED) is 0.882. The molecule has 0 aliphatic carbocycles. The number of nitrogens with zero attached hydrogens (tertiary/aromatic N) is 2. The summed E-state index contributed by atoms with van der Waals surface area (Å²) in [5, 5.41) is 0. The highest BCUT2D eigenvalue weighted by Crippen LogP contribution is 2.28. The van der Waals surface area contributed by atoms with Crippen molar-refractivity contribution in [3.63, 3.8) is 0 Å². The molecular formula is C15H25N3O. The van der Waals surface area contributed by atoms with Crippen molar-refractivity contribution in [1.82, 2.24) is 9.88 Å². The van der Waals surface area contributed by atoms with Crippen LogP contribution in [-0.4, -0.2) is 42.2 Å². The minimum absolute atomic E-state index is 0.151. The lowest BCUT2D eigenvalue weighted by Crippen LogP contribution is -2.47. The molecule has 0 aromatic carbocycles. The van der Waals surface area contributed by atoms with Gasteiger partial charge >= 0.3 is 0 Å². The molecule has 3 unspecified atom stereocenters. The predicted molar refractivity (Wildman–Crippen MR) is 76.8 cm³/mol. The molecule has 3 atom stereocenters. The van der Waals surface area contributed by atoms with Crippen molar-refractivity contribution in [2.45, 2.75) is 44.4 Å². The summed E-state index contributed by atoms with van der Waals surface area (Å²) in [5.74, 6) is 0. The van der Waals surface area contributed by atoms with E-state index in [0.29, 0.717) is 6.10 Å². The van der Waals surface area contributed by atoms with E-state index in [1.54, 1.807) is 7.11 Å². The predicted octanol–water partition coefficient (Wildman–Crippen LogP) is 1.97. The van der Waals surface area contributed by atoms with E-state index in [2.05, 4.69) is 28.9 Å². The van der Waals surface area contributed by atoms with Crippen LogP contribution in [0.4, 0.5) is 0 Å². The Labute approximate surface area is 116 Å². The van der Waals surface area contributed by atoms with Gasteiger partial charge in [0.25, 0.3) is 0 Å². The minimum Gasteiger partial charge on any atom is -0.380 e. The van der Waals surface area contributed by atoms with Crippen molar-refractivity contribution < 1.29 is 4.74 Å². The molecule has 4 heteroatoms. The third kappa shape index (κ3) is 3.53. The number of piperidine rings is 1. The Morgan fingerprint density at radius 2 is 2.21 bits per heavy atom. The van der Waals surface area contributed by atoms with Gasteiger partial charge in [-0.15, -0.1) is 0 Å². The maximum absolute atomic E-state index is 6.36. The van der Waals surface area contributed by atoms with Gasteiger partial charge in [-0.3, -0.25) is 9.88 Å². The second-order valence-electron chi connectivity index (χ2n) is 5.29. The van der Waals surface area contributed by atoms with Gasteiger partial charge in [0, 0.05) is 32.1 Å². The number of rotatable bonds is 5. The summed E-state index contributed by atoms with van der Waals surface area (Å²) in [6.07, 6.45) is 7.34. The van der Waals surface area contributed by atoms with Crippen molar-refractivity contribution in [2.75, 3.05) is 20.2 Å². The molecule has 1 fully saturated rings. The third-order valence-electron chi connectivity index (χ3n) is 4.06. The first kappa shape index (κ1) is 14.4. The first-order valence-electron chi connectivity index (χ1n) is 7.18. The van der Waals surface area contributed by atoms with Gasteiger partial charge in [0.15, 0.2) is 0 Å². The van der Waals surface area contributed by atoms with Gasteiger partial charge in [-0.1, -0.05) is 6.92 Å². The summed E-state index contributed by atoms with van der Waals surface area (Å²) in [6.45, 7) is 4.22. The number of ether oxygens (including phenoxy) is 1. The summed E-state index contributed by atoms with van der Waals surface area (Å²) in [5.41, 5.74) is 7.63. The Bertz CT molecular complexity index is 371. The van der Waals surface area contributed by atoms with Crippen LogP contribution in [0.1, 0.15) is 37.8 Å². The van der Waals surface area contributed by atoms with Crippen molar-refractivity contribution in [3.8, 4) is 0 Å². The molecule has 1 aromatic heterocycles. The largest absolute Gasteiger partial charge is 0.380 e. The average Bonchev–Trinajstić information content (AvgIpc) is 2.48. The Balaban J connectivity index is 2.18. The zero-order chi connectivity index (χ0) is 13.7. The average molecular weight is 263 g/mol. The molecule has 0 radical (unpaired) electrons. The highest BCUT2D eigenvalue weighted by Gasteiger charge is 2.30. The molecule has 1 saturated heterocycles. The third-order valence-corrected chi connectivity index (χ3v) is 4.06. The monoisotopic (exact) mass is 263 g/mol. The summed E-state index contributed by atoms with van der Waals surface area (Å²) in [6, 6.07) is 4.58. The molecule has 0 spiro atoms. The van der Waals surface area contributed by atoms with Gasteiger partial charge in [0.1, 0.15) is 0 Å². The van der Waals surface area contributed by atoms with Gasteiger partial charge < -0.3 is 10.5 Å². The van der Waals surface area contributed by atoms with Crippen LogP contribution in [0.2, 0.25) is 0 Å². The number of nitrogens with two attached hydrogens (primary N) is 1. The highest BCUT2D eigenvalue weighted by atomic mass is 16.5. The first-order chi connectivity index (χ1) is 9.26. The van der Waals surface area contributed by atoms with Gasteiger partial charge in [-0.2, -0.15) is 0 Å². The van der Waals surface area contributed by atoms with Crippen LogP contribution in [0.3, 0.4) is 0 Å². The maximum atomic E-state index is 6.36. The molecule has 2 rings (SSSR count). The molecule has 2 heterocycles. The lowest BCUT2D eigenvalue weighted by atomic mass is 9.94. The summed E-state index contributed by atoms with van der Waals surface area (Å²) in [7, 11) is 1.80. The first-order valence-corrected chi connectivity index (χ1v) is 7.18. The van der Waals surface area contributed by atoms with Gasteiger partial charge in [-0.05, 0) is 43.5 Å². The lowest BCUT2D eigenvalue weighted by molar-refractivity contribution is 0.00898. The molecule has 2 N–H and O–H groups in total. The zero-order valence-electron chi connectivity index (χ0n) is 12.0. The normalized spacial score (nSPS) is 24.1. The van der Waals surface area contributed by atoms with Crippen molar-refractivity contribution >= 4 is 0 Å². The van der Waals surface area contributed by atoms with Crippen LogP contribution in [0, 0.1) is 0 Å². The summed E-state index contributed by atoms with van der Waals surface area (Å²) < 4.78 is 5.53. The van der Waals surface area contributed by atoms with Crippen LogP contribution in [-0.2, 0) is 4.74 Å². The standard InChI is InChI=1S/C15H25N3O/c1-3-14(16)15(12-6-8-17-9-7-12)18-10-4-5-13(11-18)19-2/h6-9,13-15H,3-5,10-11,16H2,1-2H3. The highest BCUT2D eigenvalue weighted by molar-refractivity contribution is 5.17. The smallest absolute Gasteiger partial charge is 0.0698 e.